The second-order valence-electron chi connectivity index (χ2n) is 6.26. The first-order chi connectivity index (χ1) is 12.6. The molecule has 5 nitrogen and oxygen atoms in total. The number of hydrogen-bond donors (Lipinski definition) is 0. The van der Waals surface area contributed by atoms with E-state index in [1.54, 1.807) is 18.2 Å². The van der Waals surface area contributed by atoms with Gasteiger partial charge in [0.2, 0.25) is 5.88 Å². The number of methoxy groups -OCH3 is 1. The molecular formula is C19H21F2N3O2. The summed E-state index contributed by atoms with van der Waals surface area (Å²) < 4.78 is 31.5. The summed E-state index contributed by atoms with van der Waals surface area (Å²) >= 11 is 0. The zero-order valence-corrected chi connectivity index (χ0v) is 14.6. The van der Waals surface area contributed by atoms with Crippen LogP contribution in [-0.2, 0) is 6.54 Å². The molecule has 138 valence electrons. The number of aromatic nitrogens is 1. The van der Waals surface area contributed by atoms with Crippen molar-refractivity contribution in [3.05, 3.63) is 59.3 Å². The zero-order valence-electron chi connectivity index (χ0n) is 14.6. The minimum Gasteiger partial charge on any atom is -0.481 e. The number of benzene rings is 1. The van der Waals surface area contributed by atoms with Crippen LogP contribution < -0.4 is 4.74 Å². The van der Waals surface area contributed by atoms with E-state index < -0.39 is 11.6 Å². The number of amides is 1. The summed E-state index contributed by atoms with van der Waals surface area (Å²) in [7, 11) is 1.58. The van der Waals surface area contributed by atoms with Crippen molar-refractivity contribution in [3.8, 4) is 5.88 Å². The number of carbonyl (C=O) groups is 1. The summed E-state index contributed by atoms with van der Waals surface area (Å²) in [5.41, 5.74) is 1.25. The van der Waals surface area contributed by atoms with Crippen LogP contribution in [0.3, 0.4) is 0 Å². The van der Waals surface area contributed by atoms with Gasteiger partial charge >= 0.3 is 0 Å². The van der Waals surface area contributed by atoms with Gasteiger partial charge in [-0.1, -0.05) is 6.07 Å². The number of hydrogen-bond acceptors (Lipinski definition) is 4. The van der Waals surface area contributed by atoms with E-state index in [2.05, 4.69) is 9.88 Å². The Morgan fingerprint density at radius 3 is 2.65 bits per heavy atom. The lowest BCUT2D eigenvalue weighted by atomic mass is 10.2. The average molecular weight is 361 g/mol. The Bertz CT molecular complexity index is 768. The molecule has 3 rings (SSSR count). The molecule has 1 amide bonds. The van der Waals surface area contributed by atoms with Crippen molar-refractivity contribution in [1.29, 1.82) is 0 Å². The Balaban J connectivity index is 1.60. The van der Waals surface area contributed by atoms with Gasteiger partial charge in [0.15, 0.2) is 11.6 Å². The van der Waals surface area contributed by atoms with E-state index in [0.29, 0.717) is 25.5 Å². The third-order valence-electron chi connectivity index (χ3n) is 4.46. The SMILES string of the molecule is COc1ccc(CN2CCCN(C(=O)c3ccc(F)c(F)c3)CC2)cn1. The summed E-state index contributed by atoms with van der Waals surface area (Å²) in [6, 6.07) is 7.08. The molecule has 0 bridgehead atoms. The van der Waals surface area contributed by atoms with Crippen molar-refractivity contribution >= 4 is 5.91 Å². The standard InChI is InChI=1S/C19H21F2N3O2/c1-26-18-6-3-14(12-22-18)13-23-7-2-8-24(10-9-23)19(25)15-4-5-16(20)17(21)11-15/h3-6,11-12H,2,7-10,13H2,1H3. The highest BCUT2D eigenvalue weighted by atomic mass is 19.2. The number of rotatable bonds is 4. The highest BCUT2D eigenvalue weighted by Crippen LogP contribution is 2.15. The second kappa shape index (κ2) is 8.23. The number of ether oxygens (including phenoxy) is 1. The molecule has 7 heteroatoms. The van der Waals surface area contributed by atoms with Crippen molar-refractivity contribution in [1.82, 2.24) is 14.8 Å². The Labute approximate surface area is 151 Å². The molecule has 2 aromatic rings. The molecule has 0 spiro atoms. The number of carbonyl (C=O) groups excluding carboxylic acids is 1. The van der Waals surface area contributed by atoms with Crippen LogP contribution in [0.4, 0.5) is 8.78 Å². The summed E-state index contributed by atoms with van der Waals surface area (Å²) in [5.74, 6) is -1.64. The van der Waals surface area contributed by atoms with Crippen molar-refractivity contribution in [3.63, 3.8) is 0 Å². The minimum absolute atomic E-state index is 0.178. The zero-order chi connectivity index (χ0) is 18.5. The van der Waals surface area contributed by atoms with Crippen molar-refractivity contribution in [2.45, 2.75) is 13.0 Å². The Morgan fingerprint density at radius 2 is 1.96 bits per heavy atom. The maximum Gasteiger partial charge on any atom is 0.254 e. The van der Waals surface area contributed by atoms with Crippen molar-refractivity contribution in [2.75, 3.05) is 33.3 Å². The van der Waals surface area contributed by atoms with Gasteiger partial charge in [-0.3, -0.25) is 9.69 Å². The first-order valence-corrected chi connectivity index (χ1v) is 8.52. The van der Waals surface area contributed by atoms with E-state index in [0.717, 1.165) is 37.2 Å². The summed E-state index contributed by atoms with van der Waals surface area (Å²) in [6.45, 7) is 3.44. The Morgan fingerprint density at radius 1 is 1.12 bits per heavy atom. The molecule has 26 heavy (non-hydrogen) atoms. The fourth-order valence-electron chi connectivity index (χ4n) is 3.03. The maximum absolute atomic E-state index is 13.4. The van der Waals surface area contributed by atoms with Crippen molar-refractivity contribution < 1.29 is 18.3 Å². The van der Waals surface area contributed by atoms with Gasteiger partial charge < -0.3 is 9.64 Å². The van der Waals surface area contributed by atoms with E-state index in [9.17, 15) is 13.6 Å². The number of nitrogens with zero attached hydrogens (tertiary/aromatic N) is 3. The van der Waals surface area contributed by atoms with Gasteiger partial charge in [-0.15, -0.1) is 0 Å². The third-order valence-corrected chi connectivity index (χ3v) is 4.46. The van der Waals surface area contributed by atoms with Crippen LogP contribution in [0.25, 0.3) is 0 Å². The van der Waals surface area contributed by atoms with Crippen LogP contribution in [0.1, 0.15) is 22.3 Å². The monoisotopic (exact) mass is 361 g/mol. The predicted octanol–water partition coefficient (Wildman–Crippen LogP) is 2.72. The minimum atomic E-state index is -1.00. The fraction of sp³-hybridized carbons (Fsp3) is 0.368. The highest BCUT2D eigenvalue weighted by Gasteiger charge is 2.21. The molecule has 1 aliphatic rings. The molecule has 0 saturated carbocycles. The van der Waals surface area contributed by atoms with E-state index >= 15 is 0 Å². The summed E-state index contributed by atoms with van der Waals surface area (Å²) in [5, 5.41) is 0. The van der Waals surface area contributed by atoms with E-state index in [1.165, 1.54) is 6.07 Å². The third kappa shape index (κ3) is 4.35. The smallest absolute Gasteiger partial charge is 0.254 e. The first-order valence-electron chi connectivity index (χ1n) is 8.52. The molecule has 1 saturated heterocycles. The summed E-state index contributed by atoms with van der Waals surface area (Å²) in [6.07, 6.45) is 2.60. The predicted molar refractivity (Wildman–Crippen MR) is 92.9 cm³/mol. The lowest BCUT2D eigenvalue weighted by Gasteiger charge is -2.22. The van der Waals surface area contributed by atoms with Gasteiger partial charge in [0.05, 0.1) is 7.11 Å². The molecule has 2 heterocycles. The fourth-order valence-corrected chi connectivity index (χ4v) is 3.03. The van der Waals surface area contributed by atoms with E-state index in [-0.39, 0.29) is 11.5 Å². The van der Waals surface area contributed by atoms with Crippen LogP contribution in [0.5, 0.6) is 5.88 Å². The molecule has 0 atom stereocenters. The quantitative estimate of drug-likeness (QED) is 0.840. The average Bonchev–Trinajstić information content (AvgIpc) is 2.89. The highest BCUT2D eigenvalue weighted by molar-refractivity contribution is 5.94. The molecule has 1 fully saturated rings. The normalized spacial score (nSPS) is 15.6. The summed E-state index contributed by atoms with van der Waals surface area (Å²) in [4.78, 5) is 20.7. The van der Waals surface area contributed by atoms with Gasteiger partial charge in [-0.2, -0.15) is 0 Å². The van der Waals surface area contributed by atoms with Crippen LogP contribution in [0.2, 0.25) is 0 Å². The second-order valence-corrected chi connectivity index (χ2v) is 6.26. The van der Waals surface area contributed by atoms with Crippen molar-refractivity contribution in [2.24, 2.45) is 0 Å². The van der Waals surface area contributed by atoms with Gasteiger partial charge in [0.1, 0.15) is 0 Å². The molecule has 1 aromatic carbocycles. The van der Waals surface area contributed by atoms with Crippen LogP contribution >= 0.6 is 0 Å². The largest absolute Gasteiger partial charge is 0.481 e. The topological polar surface area (TPSA) is 45.7 Å². The Kier molecular flexibility index (Phi) is 5.78. The van der Waals surface area contributed by atoms with Gasteiger partial charge in [0.25, 0.3) is 5.91 Å². The van der Waals surface area contributed by atoms with Gasteiger partial charge in [0, 0.05) is 50.6 Å². The molecule has 1 aliphatic heterocycles. The van der Waals surface area contributed by atoms with Crippen LogP contribution in [0.15, 0.2) is 36.5 Å². The molecule has 0 aliphatic carbocycles. The van der Waals surface area contributed by atoms with Gasteiger partial charge in [-0.25, -0.2) is 13.8 Å². The molecule has 0 N–H and O–H groups in total. The molecule has 1 aromatic heterocycles. The lowest BCUT2D eigenvalue weighted by Crippen LogP contribution is -2.35. The van der Waals surface area contributed by atoms with E-state index in [4.69, 9.17) is 4.74 Å². The molecule has 0 unspecified atom stereocenters. The molecule has 0 radical (unpaired) electrons. The van der Waals surface area contributed by atoms with Gasteiger partial charge in [-0.05, 0) is 30.2 Å². The number of pyridine rings is 1. The first kappa shape index (κ1) is 18.3. The van der Waals surface area contributed by atoms with E-state index in [1.807, 2.05) is 12.1 Å². The van der Waals surface area contributed by atoms with Crippen LogP contribution in [-0.4, -0.2) is 54.0 Å². The maximum atomic E-state index is 13.4. The molecular weight excluding hydrogens is 340 g/mol. The number of halogens is 2. The van der Waals surface area contributed by atoms with Crippen LogP contribution in [0, 0.1) is 11.6 Å². The Hall–Kier alpha value is -2.54. The lowest BCUT2D eigenvalue weighted by molar-refractivity contribution is 0.0760.